The molecular weight excluding hydrogens is 124 g/mol. The fourth-order valence-corrected chi connectivity index (χ4v) is 0.862. The Labute approximate surface area is 52.7 Å². The summed E-state index contributed by atoms with van der Waals surface area (Å²) in [4.78, 5) is 0. The molecule has 9 heavy (non-hydrogen) atoms. The molecule has 0 saturated carbocycles. The lowest BCUT2D eigenvalue weighted by Gasteiger charge is -2.14. The van der Waals surface area contributed by atoms with E-state index in [1.165, 1.54) is 0 Å². The average molecular weight is 134 g/mol. The van der Waals surface area contributed by atoms with Gasteiger partial charge in [0.25, 0.3) is 5.97 Å². The average Bonchev–Trinajstić information content (AvgIpc) is 2.10. The Morgan fingerprint density at radius 2 is 2.22 bits per heavy atom. The molecule has 1 unspecified atom stereocenters. The van der Waals surface area contributed by atoms with E-state index >= 15 is 0 Å². The van der Waals surface area contributed by atoms with Crippen LogP contribution in [0, 0.1) is 0 Å². The minimum Gasteiger partial charge on any atom is -0.394 e. The Balaban J connectivity index is 2.38. The molecule has 1 fully saturated rings. The first-order valence-electron chi connectivity index (χ1n) is 2.87. The van der Waals surface area contributed by atoms with Crippen molar-refractivity contribution in [1.29, 1.82) is 0 Å². The molecule has 0 aromatic rings. The van der Waals surface area contributed by atoms with Crippen molar-refractivity contribution in [1.82, 2.24) is 0 Å². The predicted molar refractivity (Wildman–Crippen MR) is 28.4 cm³/mol. The highest BCUT2D eigenvalue weighted by Gasteiger charge is 2.35. The van der Waals surface area contributed by atoms with Crippen LogP contribution in [0.2, 0.25) is 0 Å². The Morgan fingerprint density at radius 3 is 2.44 bits per heavy atom. The Morgan fingerprint density at radius 1 is 1.56 bits per heavy atom. The predicted octanol–water partition coefficient (Wildman–Crippen LogP) is -1.20. The third-order valence-corrected chi connectivity index (χ3v) is 1.35. The highest BCUT2D eigenvalue weighted by atomic mass is 16.8. The van der Waals surface area contributed by atoms with Gasteiger partial charge in [0, 0.05) is 6.42 Å². The van der Waals surface area contributed by atoms with Crippen LogP contribution in [-0.4, -0.2) is 34.0 Å². The first-order valence-corrected chi connectivity index (χ1v) is 2.87. The van der Waals surface area contributed by atoms with E-state index in [-0.39, 0.29) is 13.0 Å². The molecule has 4 heteroatoms. The zero-order valence-corrected chi connectivity index (χ0v) is 4.95. The summed E-state index contributed by atoms with van der Waals surface area (Å²) in [7, 11) is 0. The molecule has 54 valence electrons. The minimum atomic E-state index is -1.99. The Hall–Kier alpha value is -0.160. The van der Waals surface area contributed by atoms with E-state index in [9.17, 15) is 0 Å². The van der Waals surface area contributed by atoms with Gasteiger partial charge in [0.05, 0.1) is 12.7 Å². The van der Waals surface area contributed by atoms with Gasteiger partial charge in [-0.1, -0.05) is 0 Å². The fraction of sp³-hybridized carbons (Fsp3) is 1.00. The van der Waals surface area contributed by atoms with Crippen LogP contribution in [0.1, 0.15) is 12.8 Å². The zero-order valence-electron chi connectivity index (χ0n) is 4.95. The highest BCUT2D eigenvalue weighted by molar-refractivity contribution is 4.69. The number of hydrogen-bond acceptors (Lipinski definition) is 4. The summed E-state index contributed by atoms with van der Waals surface area (Å²) in [5.41, 5.74) is 0. The van der Waals surface area contributed by atoms with Gasteiger partial charge in [0.1, 0.15) is 0 Å². The van der Waals surface area contributed by atoms with Crippen molar-refractivity contribution in [2.45, 2.75) is 24.9 Å². The van der Waals surface area contributed by atoms with Crippen molar-refractivity contribution >= 4 is 0 Å². The van der Waals surface area contributed by atoms with Crippen molar-refractivity contribution in [3.63, 3.8) is 0 Å². The van der Waals surface area contributed by atoms with Gasteiger partial charge in [-0.3, -0.25) is 0 Å². The minimum absolute atomic E-state index is 0.150. The summed E-state index contributed by atoms with van der Waals surface area (Å²) in [5.74, 6) is -1.99. The Kier molecular flexibility index (Phi) is 1.72. The third-order valence-electron chi connectivity index (χ3n) is 1.35. The van der Waals surface area contributed by atoms with E-state index < -0.39 is 12.1 Å². The van der Waals surface area contributed by atoms with Crippen LogP contribution in [0.3, 0.4) is 0 Å². The number of hydrogen-bond donors (Lipinski definition) is 3. The van der Waals surface area contributed by atoms with E-state index in [1.54, 1.807) is 0 Å². The van der Waals surface area contributed by atoms with Gasteiger partial charge in [-0.2, -0.15) is 0 Å². The van der Waals surface area contributed by atoms with Crippen molar-refractivity contribution in [2.24, 2.45) is 0 Å². The SMILES string of the molecule is OCC1CCC(O)(O)O1. The lowest BCUT2D eigenvalue weighted by molar-refractivity contribution is -0.327. The molecule has 1 heterocycles. The molecular formula is C5H10O4. The van der Waals surface area contributed by atoms with E-state index in [1.807, 2.05) is 0 Å². The molecule has 4 nitrogen and oxygen atoms in total. The summed E-state index contributed by atoms with van der Waals surface area (Å²) in [6, 6.07) is 0. The lowest BCUT2D eigenvalue weighted by Crippen LogP contribution is -2.28. The maximum Gasteiger partial charge on any atom is 0.278 e. The van der Waals surface area contributed by atoms with Crippen molar-refractivity contribution in [2.75, 3.05) is 6.61 Å². The molecule has 1 saturated heterocycles. The van der Waals surface area contributed by atoms with Crippen LogP contribution in [0.4, 0.5) is 0 Å². The second kappa shape index (κ2) is 2.22. The highest BCUT2D eigenvalue weighted by Crippen LogP contribution is 2.24. The summed E-state index contributed by atoms with van der Waals surface area (Å²) in [6.07, 6.45) is 0.279. The normalized spacial score (nSPS) is 33.0. The largest absolute Gasteiger partial charge is 0.394 e. The van der Waals surface area contributed by atoms with E-state index in [0.29, 0.717) is 6.42 Å². The fourth-order valence-electron chi connectivity index (χ4n) is 0.862. The molecule has 1 aliphatic heterocycles. The Bertz CT molecular complexity index is 101. The number of aliphatic hydroxyl groups excluding tert-OH is 1. The molecule has 1 atom stereocenters. The van der Waals surface area contributed by atoms with Gasteiger partial charge < -0.3 is 20.1 Å². The summed E-state index contributed by atoms with van der Waals surface area (Å²) in [6.45, 7) is -0.150. The molecule has 0 radical (unpaired) electrons. The molecule has 1 rings (SSSR count). The zero-order chi connectivity index (χ0) is 6.91. The van der Waals surface area contributed by atoms with Crippen LogP contribution >= 0.6 is 0 Å². The summed E-state index contributed by atoms with van der Waals surface area (Å²) >= 11 is 0. The lowest BCUT2D eigenvalue weighted by atomic mass is 10.2. The second-order valence-electron chi connectivity index (χ2n) is 2.20. The monoisotopic (exact) mass is 134 g/mol. The van der Waals surface area contributed by atoms with Crippen molar-refractivity contribution in [3.05, 3.63) is 0 Å². The standard InChI is InChI=1S/C5H10O4/c6-3-4-1-2-5(7,8)9-4/h4,6-8H,1-3H2. The van der Waals surface area contributed by atoms with Crippen molar-refractivity contribution < 1.29 is 20.1 Å². The van der Waals surface area contributed by atoms with Gasteiger partial charge in [-0.05, 0) is 6.42 Å². The molecule has 1 aliphatic rings. The summed E-state index contributed by atoms with van der Waals surface area (Å²) in [5, 5.41) is 25.9. The second-order valence-corrected chi connectivity index (χ2v) is 2.20. The molecule has 0 aliphatic carbocycles. The van der Waals surface area contributed by atoms with Gasteiger partial charge in [-0.25, -0.2) is 0 Å². The first-order chi connectivity index (χ1) is 4.14. The van der Waals surface area contributed by atoms with Crippen LogP contribution < -0.4 is 0 Å². The molecule has 3 N–H and O–H groups in total. The topological polar surface area (TPSA) is 69.9 Å². The maximum absolute atomic E-state index is 8.72. The third kappa shape index (κ3) is 1.62. The molecule has 0 amide bonds. The molecule has 0 spiro atoms. The molecule has 0 aromatic carbocycles. The summed E-state index contributed by atoms with van der Waals surface area (Å²) < 4.78 is 4.56. The van der Waals surface area contributed by atoms with E-state index in [0.717, 1.165) is 0 Å². The molecule has 0 aromatic heterocycles. The van der Waals surface area contributed by atoms with Crippen molar-refractivity contribution in [3.8, 4) is 0 Å². The van der Waals surface area contributed by atoms with E-state index in [2.05, 4.69) is 4.74 Å². The smallest absolute Gasteiger partial charge is 0.278 e. The number of ether oxygens (including phenoxy) is 1. The van der Waals surface area contributed by atoms with E-state index in [4.69, 9.17) is 15.3 Å². The maximum atomic E-state index is 8.72. The van der Waals surface area contributed by atoms with Gasteiger partial charge in [0.2, 0.25) is 0 Å². The first kappa shape index (κ1) is 6.95. The van der Waals surface area contributed by atoms with Gasteiger partial charge in [0.15, 0.2) is 0 Å². The van der Waals surface area contributed by atoms with Crippen LogP contribution in [0.5, 0.6) is 0 Å². The quantitative estimate of drug-likeness (QED) is 0.394. The van der Waals surface area contributed by atoms with Crippen LogP contribution in [0.15, 0.2) is 0 Å². The van der Waals surface area contributed by atoms with Gasteiger partial charge >= 0.3 is 0 Å². The van der Waals surface area contributed by atoms with Crippen LogP contribution in [-0.2, 0) is 4.74 Å². The van der Waals surface area contributed by atoms with Gasteiger partial charge in [-0.15, -0.1) is 0 Å². The van der Waals surface area contributed by atoms with Crippen LogP contribution in [0.25, 0.3) is 0 Å². The molecule has 0 bridgehead atoms. The number of aliphatic hydroxyl groups is 3. The number of rotatable bonds is 1.